The van der Waals surface area contributed by atoms with Crippen molar-refractivity contribution in [2.24, 2.45) is 5.73 Å². The summed E-state index contributed by atoms with van der Waals surface area (Å²) >= 11 is 4.92. The van der Waals surface area contributed by atoms with E-state index in [1.165, 1.54) is 30.0 Å². The lowest BCUT2D eigenvalue weighted by molar-refractivity contribution is -0.116. The quantitative estimate of drug-likeness (QED) is 0.176. The maximum Gasteiger partial charge on any atom is 0.330 e. The van der Waals surface area contributed by atoms with Crippen LogP contribution in [-0.2, 0) is 30.4 Å². The first-order valence-electron chi connectivity index (χ1n) is 10.9. The second-order valence-electron chi connectivity index (χ2n) is 7.65. The summed E-state index contributed by atoms with van der Waals surface area (Å²) in [6, 6.07) is 0. The van der Waals surface area contributed by atoms with Crippen molar-refractivity contribution in [3.63, 3.8) is 0 Å². The van der Waals surface area contributed by atoms with Gasteiger partial charge in [0.05, 0.1) is 17.8 Å². The number of aromatic nitrogens is 2. The molecule has 11 nitrogen and oxygen atoms in total. The molecule has 2 rings (SSSR count). The maximum absolute atomic E-state index is 12.4. The summed E-state index contributed by atoms with van der Waals surface area (Å²) in [6.07, 6.45) is 6.76. The Morgan fingerprint density at radius 3 is 2.82 bits per heavy atom. The molecule has 5 N–H and O–H groups in total. The minimum absolute atomic E-state index is 0.123. The standard InChI is InChI=1S/C20H33N4O7PS/c1-3-15-16(31-32(28,33)29-2)12-18(30-15)24-13-14(19(26)23-20(24)27)8-9-17(25)22-11-7-5-4-6-10-21/h8-9,13,15-16,18H,3-7,10-12,21H2,1-2H3,(H,22,25)(H,28,33)(H,23,26,27)/b9-8+/t15-,16+,18-,32?/m1/s1. The fourth-order valence-corrected chi connectivity index (χ4v) is 4.43. The molecule has 0 aliphatic carbocycles. The molecule has 0 bridgehead atoms. The summed E-state index contributed by atoms with van der Waals surface area (Å²) in [4.78, 5) is 48.9. The topological polar surface area (TPSA) is 158 Å². The van der Waals surface area contributed by atoms with Crippen LogP contribution >= 0.6 is 6.72 Å². The molecule has 1 aromatic heterocycles. The molecule has 0 saturated carbocycles. The van der Waals surface area contributed by atoms with Crippen molar-refractivity contribution in [1.82, 2.24) is 14.9 Å². The monoisotopic (exact) mass is 504 g/mol. The molecule has 1 saturated heterocycles. The van der Waals surface area contributed by atoms with Crippen LogP contribution in [0, 0.1) is 0 Å². The smallest absolute Gasteiger partial charge is 0.330 e. The van der Waals surface area contributed by atoms with Gasteiger partial charge in [-0.1, -0.05) is 19.8 Å². The Balaban J connectivity index is 2.06. The molecule has 1 unspecified atom stereocenters. The van der Waals surface area contributed by atoms with E-state index in [4.69, 9.17) is 31.3 Å². The lowest BCUT2D eigenvalue weighted by Gasteiger charge is -2.21. The number of rotatable bonds is 13. The normalized spacial score (nSPS) is 22.5. The summed E-state index contributed by atoms with van der Waals surface area (Å²) in [5.74, 6) is -0.337. The summed E-state index contributed by atoms with van der Waals surface area (Å²) in [6.45, 7) is -0.352. The average molecular weight is 505 g/mol. The molecule has 1 fully saturated rings. The van der Waals surface area contributed by atoms with E-state index in [2.05, 4.69) is 10.3 Å². The van der Waals surface area contributed by atoms with Gasteiger partial charge in [-0.15, -0.1) is 0 Å². The van der Waals surface area contributed by atoms with Gasteiger partial charge in [-0.2, -0.15) is 0 Å². The Kier molecular flexibility index (Phi) is 11.1. The van der Waals surface area contributed by atoms with Crippen LogP contribution in [-0.4, -0.2) is 52.8 Å². The Hall–Kier alpha value is -1.66. The van der Waals surface area contributed by atoms with Crippen LogP contribution in [0.3, 0.4) is 0 Å². The SMILES string of the molecule is CC[C@H]1O[C@@H](n2cc(/C=C/C(=O)NCCCCCCN)c(=O)[nH]c2=O)C[C@@H]1OP(O)(=S)OC. The zero-order chi connectivity index (χ0) is 24.4. The molecule has 0 radical (unpaired) electrons. The first-order valence-corrected chi connectivity index (χ1v) is 13.5. The predicted molar refractivity (Wildman–Crippen MR) is 128 cm³/mol. The van der Waals surface area contributed by atoms with Crippen molar-refractivity contribution < 1.29 is 23.5 Å². The molecule has 33 heavy (non-hydrogen) atoms. The van der Waals surface area contributed by atoms with E-state index in [9.17, 15) is 19.3 Å². The van der Waals surface area contributed by atoms with E-state index in [1.807, 2.05) is 6.92 Å². The van der Waals surface area contributed by atoms with E-state index in [0.717, 1.165) is 25.7 Å². The third kappa shape index (κ3) is 8.56. The molecule has 4 atom stereocenters. The van der Waals surface area contributed by atoms with Gasteiger partial charge in [0.15, 0.2) is 0 Å². The Morgan fingerprint density at radius 2 is 2.15 bits per heavy atom. The summed E-state index contributed by atoms with van der Waals surface area (Å²) in [5, 5.41) is 2.76. The molecular formula is C20H33N4O7PS. The molecule has 1 amide bonds. The van der Waals surface area contributed by atoms with Gasteiger partial charge in [0.1, 0.15) is 6.23 Å². The fourth-order valence-electron chi connectivity index (χ4n) is 3.45. The Labute approximate surface area is 197 Å². The summed E-state index contributed by atoms with van der Waals surface area (Å²) < 4.78 is 17.5. The van der Waals surface area contributed by atoms with E-state index in [1.54, 1.807) is 0 Å². The molecule has 1 aliphatic heterocycles. The van der Waals surface area contributed by atoms with Crippen LogP contribution in [0.15, 0.2) is 21.9 Å². The van der Waals surface area contributed by atoms with Gasteiger partial charge >= 0.3 is 12.4 Å². The number of carbonyl (C=O) groups excluding carboxylic acids is 1. The predicted octanol–water partition coefficient (Wildman–Crippen LogP) is 1.13. The lowest BCUT2D eigenvalue weighted by atomic mass is 10.1. The average Bonchev–Trinajstić information content (AvgIpc) is 3.17. The minimum Gasteiger partial charge on any atom is -0.353 e. The van der Waals surface area contributed by atoms with Crippen LogP contribution in [0.5, 0.6) is 0 Å². The van der Waals surface area contributed by atoms with Crippen molar-refractivity contribution in [2.45, 2.75) is 63.9 Å². The zero-order valence-corrected chi connectivity index (χ0v) is 20.6. The van der Waals surface area contributed by atoms with Gasteiger partial charge in [0, 0.05) is 32.3 Å². The zero-order valence-electron chi connectivity index (χ0n) is 18.9. The highest BCUT2D eigenvalue weighted by molar-refractivity contribution is 8.07. The summed E-state index contributed by atoms with van der Waals surface area (Å²) in [7, 11) is 1.26. The third-order valence-electron chi connectivity index (χ3n) is 5.23. The Morgan fingerprint density at radius 1 is 1.42 bits per heavy atom. The number of hydrogen-bond donors (Lipinski definition) is 4. The minimum atomic E-state index is -3.41. The summed E-state index contributed by atoms with van der Waals surface area (Å²) in [5.41, 5.74) is 4.29. The van der Waals surface area contributed by atoms with E-state index in [0.29, 0.717) is 19.5 Å². The fraction of sp³-hybridized carbons (Fsp3) is 0.650. The number of nitrogens with zero attached hydrogens (tertiary/aromatic N) is 1. The van der Waals surface area contributed by atoms with Gasteiger partial charge in [-0.25, -0.2) is 4.79 Å². The molecule has 13 heteroatoms. The molecule has 1 aliphatic rings. The molecule has 0 aromatic carbocycles. The Bertz CT molecular complexity index is 980. The third-order valence-corrected chi connectivity index (χ3v) is 6.94. The number of hydrogen-bond acceptors (Lipinski definition) is 8. The van der Waals surface area contributed by atoms with Crippen molar-refractivity contribution in [3.8, 4) is 0 Å². The van der Waals surface area contributed by atoms with Crippen LogP contribution in [0.4, 0.5) is 0 Å². The molecule has 2 heterocycles. The highest BCUT2D eigenvalue weighted by Gasteiger charge is 2.39. The van der Waals surface area contributed by atoms with Crippen molar-refractivity contribution in [2.75, 3.05) is 20.2 Å². The largest absolute Gasteiger partial charge is 0.353 e. The van der Waals surface area contributed by atoms with E-state index >= 15 is 0 Å². The van der Waals surface area contributed by atoms with Gasteiger partial charge in [-0.05, 0) is 43.7 Å². The van der Waals surface area contributed by atoms with Gasteiger partial charge in [0.2, 0.25) is 5.91 Å². The van der Waals surface area contributed by atoms with Crippen LogP contribution < -0.4 is 22.3 Å². The lowest BCUT2D eigenvalue weighted by Crippen LogP contribution is -2.33. The van der Waals surface area contributed by atoms with Gasteiger partial charge in [0.25, 0.3) is 5.56 Å². The number of ether oxygens (including phenoxy) is 1. The number of aromatic amines is 1. The molecular weight excluding hydrogens is 471 g/mol. The van der Waals surface area contributed by atoms with Crippen LogP contribution in [0.1, 0.15) is 57.2 Å². The first kappa shape index (κ1) is 27.6. The van der Waals surface area contributed by atoms with Crippen molar-refractivity contribution in [3.05, 3.63) is 38.7 Å². The number of carbonyl (C=O) groups is 1. The van der Waals surface area contributed by atoms with Gasteiger partial charge < -0.3 is 29.7 Å². The number of nitrogens with one attached hydrogen (secondary N) is 2. The van der Waals surface area contributed by atoms with Crippen molar-refractivity contribution in [1.29, 1.82) is 0 Å². The molecule has 186 valence electrons. The van der Waals surface area contributed by atoms with E-state index < -0.39 is 36.4 Å². The van der Waals surface area contributed by atoms with Crippen LogP contribution in [0.2, 0.25) is 0 Å². The molecule has 1 aromatic rings. The molecule has 0 spiro atoms. The number of amides is 1. The van der Waals surface area contributed by atoms with Gasteiger partial charge in [-0.3, -0.25) is 19.1 Å². The highest BCUT2D eigenvalue weighted by atomic mass is 32.5. The second-order valence-corrected chi connectivity index (χ2v) is 10.5. The van der Waals surface area contributed by atoms with E-state index in [-0.39, 0.29) is 17.9 Å². The maximum atomic E-state index is 12.4. The van der Waals surface area contributed by atoms with Crippen molar-refractivity contribution >= 4 is 30.5 Å². The number of unbranched alkanes of at least 4 members (excludes halogenated alkanes) is 3. The number of H-pyrrole nitrogens is 1. The first-order chi connectivity index (χ1) is 15.7. The number of nitrogens with two attached hydrogens (primary N) is 1. The second kappa shape index (κ2) is 13.3. The van der Waals surface area contributed by atoms with Crippen LogP contribution in [0.25, 0.3) is 6.08 Å². The highest BCUT2D eigenvalue weighted by Crippen LogP contribution is 2.48.